The molecule has 0 aliphatic heterocycles. The fraction of sp³-hybridized carbons (Fsp3) is 0.333. The molecule has 0 radical (unpaired) electrons. The average molecular weight is 350 g/mol. The van der Waals surface area contributed by atoms with Crippen molar-refractivity contribution in [3.05, 3.63) is 28.9 Å². The molecule has 3 amide bonds. The number of nitrogens with one attached hydrogen (secondary N) is 2. The summed E-state index contributed by atoms with van der Waals surface area (Å²) < 4.78 is 0. The molecule has 0 saturated heterocycles. The van der Waals surface area contributed by atoms with Crippen molar-refractivity contribution in [3.63, 3.8) is 0 Å². The van der Waals surface area contributed by atoms with Gasteiger partial charge in [0.15, 0.2) is 0 Å². The van der Waals surface area contributed by atoms with Crippen molar-refractivity contribution in [1.82, 2.24) is 20.6 Å². The Labute approximate surface area is 142 Å². The van der Waals surface area contributed by atoms with Crippen LogP contribution in [0.1, 0.15) is 16.3 Å². The molecule has 0 saturated carbocycles. The van der Waals surface area contributed by atoms with Crippen molar-refractivity contribution in [2.75, 3.05) is 12.3 Å². The van der Waals surface area contributed by atoms with Crippen LogP contribution in [0.25, 0.3) is 10.2 Å². The summed E-state index contributed by atoms with van der Waals surface area (Å²) in [5.74, 6) is 0.414. The molecule has 2 aromatic rings. The molecule has 0 spiro atoms. The second-order valence-corrected chi connectivity index (χ2v) is 7.04. The van der Waals surface area contributed by atoms with E-state index in [4.69, 9.17) is 0 Å². The van der Waals surface area contributed by atoms with Gasteiger partial charge in [-0.15, -0.1) is 17.9 Å². The van der Waals surface area contributed by atoms with Crippen molar-refractivity contribution in [1.29, 1.82) is 0 Å². The van der Waals surface area contributed by atoms with Crippen molar-refractivity contribution in [2.45, 2.75) is 25.8 Å². The summed E-state index contributed by atoms with van der Waals surface area (Å²) in [6.45, 7) is 9.70. The maximum Gasteiger partial charge on any atom is 0.321 e. The Kier molecular flexibility index (Phi) is 5.73. The van der Waals surface area contributed by atoms with Crippen LogP contribution in [0.5, 0.6) is 0 Å². The first-order chi connectivity index (χ1) is 10.9. The predicted molar refractivity (Wildman–Crippen MR) is 94.1 cm³/mol. The number of nitrogens with zero attached hydrogens (tertiary/aromatic N) is 2. The van der Waals surface area contributed by atoms with Crippen LogP contribution < -0.4 is 10.6 Å². The zero-order valence-electron chi connectivity index (χ0n) is 13.2. The first kappa shape index (κ1) is 17.4. The summed E-state index contributed by atoms with van der Waals surface area (Å²) in [6.07, 6.45) is 1.54. The molecule has 0 aliphatic carbocycles. The molecule has 2 heterocycles. The van der Waals surface area contributed by atoms with Gasteiger partial charge in [0.25, 0.3) is 0 Å². The number of rotatable bonds is 5. The Balaban J connectivity index is 2.08. The van der Waals surface area contributed by atoms with E-state index in [9.17, 15) is 9.59 Å². The highest BCUT2D eigenvalue weighted by atomic mass is 32.2. The van der Waals surface area contributed by atoms with E-state index in [0.717, 1.165) is 20.8 Å². The van der Waals surface area contributed by atoms with Crippen molar-refractivity contribution >= 4 is 45.3 Å². The lowest BCUT2D eigenvalue weighted by Crippen LogP contribution is -2.40. The summed E-state index contributed by atoms with van der Waals surface area (Å²) in [5, 5.41) is 6.53. The lowest BCUT2D eigenvalue weighted by atomic mass is 10.2. The number of thioether (sulfide) groups is 1. The minimum absolute atomic E-state index is 0.112. The number of thiophene rings is 1. The molecule has 23 heavy (non-hydrogen) atoms. The molecule has 0 fully saturated rings. The van der Waals surface area contributed by atoms with Crippen LogP contribution in [-0.4, -0.2) is 34.2 Å². The van der Waals surface area contributed by atoms with Crippen LogP contribution in [0.15, 0.2) is 17.7 Å². The third kappa shape index (κ3) is 4.29. The molecule has 6 nitrogen and oxygen atoms in total. The van der Waals surface area contributed by atoms with Crippen LogP contribution in [0.3, 0.4) is 0 Å². The summed E-state index contributed by atoms with van der Waals surface area (Å²) in [4.78, 5) is 34.3. The minimum Gasteiger partial charge on any atom is -0.334 e. The second kappa shape index (κ2) is 7.56. The first-order valence-corrected chi connectivity index (χ1v) is 8.78. The van der Waals surface area contributed by atoms with Crippen molar-refractivity contribution in [2.24, 2.45) is 0 Å². The molecule has 2 N–H and O–H groups in total. The third-order valence-corrected chi connectivity index (χ3v) is 5.18. The first-order valence-electron chi connectivity index (χ1n) is 6.98. The maximum absolute atomic E-state index is 11.8. The smallest absolute Gasteiger partial charge is 0.321 e. The number of carbonyl (C=O) groups excluding carboxylic acids is 2. The lowest BCUT2D eigenvalue weighted by molar-refractivity contribution is -0.117. The molecule has 0 unspecified atom stereocenters. The zero-order chi connectivity index (χ0) is 17.0. The number of aryl methyl sites for hydroxylation is 3. The highest BCUT2D eigenvalue weighted by molar-refractivity contribution is 8.00. The minimum atomic E-state index is -0.526. The van der Waals surface area contributed by atoms with Crippen molar-refractivity contribution < 1.29 is 9.59 Å². The fourth-order valence-electron chi connectivity index (χ4n) is 1.92. The van der Waals surface area contributed by atoms with E-state index in [0.29, 0.717) is 12.4 Å². The molecule has 122 valence electrons. The van der Waals surface area contributed by atoms with E-state index in [2.05, 4.69) is 27.2 Å². The van der Waals surface area contributed by atoms with Crippen LogP contribution in [0.4, 0.5) is 4.79 Å². The van der Waals surface area contributed by atoms with Crippen LogP contribution in [-0.2, 0) is 4.79 Å². The number of amides is 3. The van der Waals surface area contributed by atoms with Gasteiger partial charge in [0.05, 0.1) is 5.75 Å². The largest absolute Gasteiger partial charge is 0.334 e. The number of hydrogen-bond donors (Lipinski definition) is 2. The molecule has 0 aliphatic rings. The number of carbonyl (C=O) groups is 2. The normalized spacial score (nSPS) is 10.6. The molecule has 8 heteroatoms. The van der Waals surface area contributed by atoms with Gasteiger partial charge < -0.3 is 5.32 Å². The quantitative estimate of drug-likeness (QED) is 0.492. The van der Waals surface area contributed by atoms with E-state index >= 15 is 0 Å². The van der Waals surface area contributed by atoms with Gasteiger partial charge in [0.2, 0.25) is 5.91 Å². The maximum atomic E-state index is 11.8. The number of hydrogen-bond acceptors (Lipinski definition) is 6. The molecular formula is C15H18N4O2S2. The average Bonchev–Trinajstić information content (AvgIpc) is 2.77. The summed E-state index contributed by atoms with van der Waals surface area (Å²) in [6, 6.07) is -0.526. The number of fused-ring (bicyclic) bond motifs is 1. The Morgan fingerprint density at radius 2 is 2.04 bits per heavy atom. The molecule has 0 bridgehead atoms. The fourth-order valence-corrected chi connectivity index (χ4v) is 3.99. The predicted octanol–water partition coefficient (Wildman–Crippen LogP) is 2.72. The number of imide groups is 1. The second-order valence-electron chi connectivity index (χ2n) is 4.87. The van der Waals surface area contributed by atoms with Gasteiger partial charge in [0.1, 0.15) is 15.7 Å². The van der Waals surface area contributed by atoms with Gasteiger partial charge in [-0.3, -0.25) is 10.1 Å². The molecule has 2 rings (SSSR count). The molecular weight excluding hydrogens is 332 g/mol. The highest BCUT2D eigenvalue weighted by Gasteiger charge is 2.15. The van der Waals surface area contributed by atoms with E-state index < -0.39 is 6.03 Å². The van der Waals surface area contributed by atoms with E-state index in [1.54, 1.807) is 17.4 Å². The van der Waals surface area contributed by atoms with Gasteiger partial charge in [-0.1, -0.05) is 17.8 Å². The molecule has 2 aromatic heterocycles. The van der Waals surface area contributed by atoms with Gasteiger partial charge in [-0.2, -0.15) is 0 Å². The number of urea groups is 1. The zero-order valence-corrected chi connectivity index (χ0v) is 14.9. The van der Waals surface area contributed by atoms with E-state index in [-0.39, 0.29) is 11.7 Å². The molecule has 0 aromatic carbocycles. The lowest BCUT2D eigenvalue weighted by Gasteiger charge is -2.06. The highest BCUT2D eigenvalue weighted by Crippen LogP contribution is 2.34. The van der Waals surface area contributed by atoms with Crippen LogP contribution >= 0.6 is 23.1 Å². The topological polar surface area (TPSA) is 84.0 Å². The van der Waals surface area contributed by atoms with Crippen LogP contribution in [0.2, 0.25) is 0 Å². The summed E-state index contributed by atoms with van der Waals surface area (Å²) >= 11 is 2.93. The van der Waals surface area contributed by atoms with E-state index in [1.165, 1.54) is 16.6 Å². The van der Waals surface area contributed by atoms with Gasteiger partial charge in [-0.05, 0) is 26.3 Å². The Morgan fingerprint density at radius 1 is 1.30 bits per heavy atom. The van der Waals surface area contributed by atoms with E-state index in [1.807, 2.05) is 20.8 Å². The van der Waals surface area contributed by atoms with Gasteiger partial charge in [0, 0.05) is 16.8 Å². The summed E-state index contributed by atoms with van der Waals surface area (Å²) in [5.41, 5.74) is 1.14. The molecule has 0 atom stereocenters. The van der Waals surface area contributed by atoms with Gasteiger partial charge >= 0.3 is 6.03 Å². The Bertz CT molecular complexity index is 770. The van der Waals surface area contributed by atoms with Crippen LogP contribution in [0, 0.1) is 20.8 Å². The number of aromatic nitrogens is 2. The third-order valence-electron chi connectivity index (χ3n) is 3.11. The Morgan fingerprint density at radius 3 is 2.74 bits per heavy atom. The SMILES string of the molecule is C=CCNC(=O)NC(=O)CSc1nc(C)nc2sc(C)c(C)c12. The standard InChI is InChI=1S/C15H18N4O2S2/c1-5-6-16-15(21)19-11(20)7-22-13-12-8(2)9(3)23-14(12)18-10(4)17-13/h5H,1,6-7H2,2-4H3,(H2,16,19,20,21). The Hall–Kier alpha value is -1.93. The van der Waals surface area contributed by atoms with Gasteiger partial charge in [-0.25, -0.2) is 14.8 Å². The van der Waals surface area contributed by atoms with Crippen molar-refractivity contribution in [3.8, 4) is 0 Å². The monoisotopic (exact) mass is 350 g/mol. The summed E-state index contributed by atoms with van der Waals surface area (Å²) in [7, 11) is 0.